The number of nitrogens with one attached hydrogen (secondary N) is 1. The molecule has 82 valence electrons. The zero-order valence-electron chi connectivity index (χ0n) is 8.43. The van der Waals surface area contributed by atoms with E-state index in [2.05, 4.69) is 10.1 Å². The van der Waals surface area contributed by atoms with Crippen LogP contribution in [0, 0.1) is 11.3 Å². The molecule has 1 N–H and O–H groups in total. The number of nitrogens with zero attached hydrogens (tertiary/aromatic N) is 2. The van der Waals surface area contributed by atoms with E-state index in [1.807, 2.05) is 6.07 Å². The molecule has 1 aromatic carbocycles. The summed E-state index contributed by atoms with van der Waals surface area (Å²) in [4.78, 5) is 13.5. The Morgan fingerprint density at radius 3 is 3.00 bits per heavy atom. The van der Waals surface area contributed by atoms with Gasteiger partial charge in [0.2, 0.25) is 0 Å². The second-order valence-corrected chi connectivity index (χ2v) is 3.41. The summed E-state index contributed by atoms with van der Waals surface area (Å²) in [5, 5.41) is 12.2. The van der Waals surface area contributed by atoms with Gasteiger partial charge in [0.05, 0.1) is 5.52 Å². The van der Waals surface area contributed by atoms with Gasteiger partial charge in [0.25, 0.3) is 0 Å². The highest BCUT2D eigenvalue weighted by molar-refractivity contribution is 5.78. The van der Waals surface area contributed by atoms with Crippen LogP contribution in [0.5, 0.6) is 0 Å². The summed E-state index contributed by atoms with van der Waals surface area (Å²) < 4.78 is 9.92. The Bertz CT molecular complexity index is 788. The van der Waals surface area contributed by atoms with E-state index in [9.17, 15) is 4.79 Å². The summed E-state index contributed by atoms with van der Waals surface area (Å²) in [6.45, 7) is 0. The normalized spacial score (nSPS) is 10.5. The molecule has 0 fully saturated rings. The van der Waals surface area contributed by atoms with Gasteiger partial charge in [-0.1, -0.05) is 5.16 Å². The number of hydrogen-bond acceptors (Lipinski definition) is 5. The molecule has 2 heterocycles. The average Bonchev–Trinajstić information content (AvgIpc) is 2.92. The van der Waals surface area contributed by atoms with Gasteiger partial charge in [-0.05, 0) is 18.2 Å². The number of benzene rings is 1. The molecule has 6 nitrogen and oxygen atoms in total. The molecule has 2 aromatic heterocycles. The second kappa shape index (κ2) is 3.35. The summed E-state index contributed by atoms with van der Waals surface area (Å²) in [6, 6.07) is 8.49. The number of oxazole rings is 1. The highest BCUT2D eigenvalue weighted by atomic mass is 16.5. The number of rotatable bonds is 1. The van der Waals surface area contributed by atoms with Crippen LogP contribution in [0.15, 0.2) is 38.0 Å². The minimum Gasteiger partial charge on any atom is -0.408 e. The summed E-state index contributed by atoms with van der Waals surface area (Å²) in [7, 11) is 0. The monoisotopic (exact) mass is 227 g/mol. The number of hydrogen-bond donors (Lipinski definition) is 1. The van der Waals surface area contributed by atoms with Gasteiger partial charge in [0.1, 0.15) is 6.07 Å². The van der Waals surface area contributed by atoms with E-state index < -0.39 is 5.76 Å². The van der Waals surface area contributed by atoms with Crippen LogP contribution < -0.4 is 5.76 Å². The first kappa shape index (κ1) is 9.42. The van der Waals surface area contributed by atoms with Gasteiger partial charge in [-0.25, -0.2) is 4.79 Å². The quantitative estimate of drug-likeness (QED) is 0.681. The Balaban J connectivity index is 2.17. The van der Waals surface area contributed by atoms with E-state index in [-0.39, 0.29) is 5.69 Å². The van der Waals surface area contributed by atoms with Crippen LogP contribution >= 0.6 is 0 Å². The first-order chi connectivity index (χ1) is 8.26. The van der Waals surface area contributed by atoms with Crippen molar-refractivity contribution in [1.82, 2.24) is 10.1 Å². The van der Waals surface area contributed by atoms with Crippen molar-refractivity contribution in [2.45, 2.75) is 0 Å². The minimum atomic E-state index is -0.507. The Morgan fingerprint density at radius 2 is 2.24 bits per heavy atom. The molecule has 17 heavy (non-hydrogen) atoms. The predicted molar refractivity (Wildman–Crippen MR) is 57.0 cm³/mol. The van der Waals surface area contributed by atoms with Crippen molar-refractivity contribution in [2.24, 2.45) is 0 Å². The molecule has 0 bridgehead atoms. The lowest BCUT2D eigenvalue weighted by Gasteiger charge is -1.93. The zero-order chi connectivity index (χ0) is 11.8. The van der Waals surface area contributed by atoms with Crippen molar-refractivity contribution in [3.8, 4) is 17.4 Å². The van der Waals surface area contributed by atoms with Crippen molar-refractivity contribution < 1.29 is 8.94 Å². The molecule has 0 radical (unpaired) electrons. The van der Waals surface area contributed by atoms with E-state index >= 15 is 0 Å². The van der Waals surface area contributed by atoms with Crippen LogP contribution in [-0.4, -0.2) is 10.1 Å². The molecular formula is C11H5N3O3. The number of fused-ring (bicyclic) bond motifs is 1. The molecule has 0 aliphatic carbocycles. The summed E-state index contributed by atoms with van der Waals surface area (Å²) in [5.41, 5.74) is 1.94. The number of H-pyrrole nitrogens is 1. The number of aromatic amines is 1. The fraction of sp³-hybridized carbons (Fsp3) is 0. The maximum atomic E-state index is 11.0. The predicted octanol–water partition coefficient (Wildman–Crippen LogP) is 1.65. The summed E-state index contributed by atoms with van der Waals surface area (Å²) >= 11 is 0. The lowest BCUT2D eigenvalue weighted by molar-refractivity contribution is 0.430. The summed E-state index contributed by atoms with van der Waals surface area (Å²) in [6.07, 6.45) is 0. The first-order valence-corrected chi connectivity index (χ1v) is 4.76. The molecule has 0 spiro atoms. The largest absolute Gasteiger partial charge is 0.417 e. The van der Waals surface area contributed by atoms with E-state index in [1.54, 1.807) is 18.2 Å². The number of nitriles is 1. The van der Waals surface area contributed by atoms with E-state index in [1.165, 1.54) is 6.07 Å². The van der Waals surface area contributed by atoms with Gasteiger partial charge in [-0.15, -0.1) is 0 Å². The third-order valence-corrected chi connectivity index (χ3v) is 2.33. The number of aromatic nitrogens is 2. The Kier molecular flexibility index (Phi) is 1.86. The highest BCUT2D eigenvalue weighted by Crippen LogP contribution is 2.23. The maximum absolute atomic E-state index is 11.0. The molecule has 0 aliphatic rings. The van der Waals surface area contributed by atoms with E-state index in [0.29, 0.717) is 22.4 Å². The topological polar surface area (TPSA) is 95.8 Å². The van der Waals surface area contributed by atoms with Crippen molar-refractivity contribution in [2.75, 3.05) is 0 Å². The third kappa shape index (κ3) is 1.50. The molecule has 0 saturated heterocycles. The molecular weight excluding hydrogens is 222 g/mol. The smallest absolute Gasteiger partial charge is 0.408 e. The van der Waals surface area contributed by atoms with Crippen molar-refractivity contribution in [3.63, 3.8) is 0 Å². The third-order valence-electron chi connectivity index (χ3n) is 2.33. The Morgan fingerprint density at radius 1 is 1.35 bits per heavy atom. The van der Waals surface area contributed by atoms with Crippen LogP contribution in [0.1, 0.15) is 5.69 Å². The van der Waals surface area contributed by atoms with Gasteiger partial charge in [-0.2, -0.15) is 5.26 Å². The van der Waals surface area contributed by atoms with Gasteiger partial charge >= 0.3 is 5.76 Å². The molecule has 0 unspecified atom stereocenters. The van der Waals surface area contributed by atoms with Crippen molar-refractivity contribution >= 4 is 11.1 Å². The molecule has 0 amide bonds. The fourth-order valence-corrected chi connectivity index (χ4v) is 1.56. The lowest BCUT2D eigenvalue weighted by atomic mass is 10.1. The zero-order valence-corrected chi connectivity index (χ0v) is 8.43. The Labute approximate surface area is 94.1 Å². The first-order valence-electron chi connectivity index (χ1n) is 4.76. The summed E-state index contributed by atoms with van der Waals surface area (Å²) in [5.74, 6) is -0.0558. The molecule has 3 aromatic rings. The van der Waals surface area contributed by atoms with Gasteiger partial charge in [0.15, 0.2) is 17.0 Å². The van der Waals surface area contributed by atoms with Crippen LogP contribution in [0.2, 0.25) is 0 Å². The lowest BCUT2D eigenvalue weighted by Crippen LogP contribution is -1.92. The van der Waals surface area contributed by atoms with Crippen LogP contribution in [0.4, 0.5) is 0 Å². The highest BCUT2D eigenvalue weighted by Gasteiger charge is 2.08. The Hall–Kier alpha value is -2.81. The molecule has 6 heteroatoms. The molecule has 0 atom stereocenters. The average molecular weight is 227 g/mol. The SMILES string of the molecule is N#Cc1cc(-c2ccc3[nH]c(=O)oc3c2)on1. The minimum absolute atomic E-state index is 0.204. The second-order valence-electron chi connectivity index (χ2n) is 3.41. The molecule has 3 rings (SSSR count). The van der Waals surface area contributed by atoms with Crippen LogP contribution in [0.3, 0.4) is 0 Å². The van der Waals surface area contributed by atoms with Crippen LogP contribution in [-0.2, 0) is 0 Å². The molecule has 0 saturated carbocycles. The maximum Gasteiger partial charge on any atom is 0.417 e. The fourth-order valence-electron chi connectivity index (χ4n) is 1.56. The standard InChI is InChI=1S/C11H5N3O3/c12-5-7-4-9(17-14-7)6-1-2-8-10(3-6)16-11(15)13-8/h1-4H,(H,13,15). The molecule has 0 aliphatic heterocycles. The van der Waals surface area contributed by atoms with Crippen LogP contribution in [0.25, 0.3) is 22.4 Å². The van der Waals surface area contributed by atoms with Gasteiger partial charge in [-0.3, -0.25) is 4.98 Å². The van der Waals surface area contributed by atoms with Crippen molar-refractivity contribution in [3.05, 3.63) is 40.5 Å². The van der Waals surface area contributed by atoms with Gasteiger partial charge < -0.3 is 8.94 Å². The van der Waals surface area contributed by atoms with E-state index in [0.717, 1.165) is 0 Å². The van der Waals surface area contributed by atoms with Gasteiger partial charge in [0, 0.05) is 11.6 Å². The van der Waals surface area contributed by atoms with Crippen molar-refractivity contribution in [1.29, 1.82) is 5.26 Å². The van der Waals surface area contributed by atoms with E-state index in [4.69, 9.17) is 14.2 Å².